The molecule has 0 fully saturated rings. The van der Waals surface area contributed by atoms with Gasteiger partial charge in [0.05, 0.1) is 6.61 Å². The van der Waals surface area contributed by atoms with E-state index in [-0.39, 0.29) is 5.91 Å². The van der Waals surface area contributed by atoms with Gasteiger partial charge in [-0.2, -0.15) is 0 Å². The van der Waals surface area contributed by atoms with Crippen molar-refractivity contribution in [2.45, 2.75) is 27.3 Å². The number of nitrogens with one attached hydrogen (secondary N) is 2. The summed E-state index contributed by atoms with van der Waals surface area (Å²) >= 11 is 3.50. The Morgan fingerprint density at radius 1 is 1.20 bits per heavy atom. The highest BCUT2D eigenvalue weighted by Gasteiger charge is 2.08. The normalized spacial score (nSPS) is 10.6. The van der Waals surface area contributed by atoms with Crippen molar-refractivity contribution in [2.24, 2.45) is 5.92 Å². The first kappa shape index (κ1) is 19.3. The molecule has 0 heterocycles. The number of ether oxygens (including phenoxy) is 1. The van der Waals surface area contributed by atoms with Crippen LogP contribution in [0.5, 0.6) is 5.75 Å². The summed E-state index contributed by atoms with van der Waals surface area (Å²) in [5.74, 6) is 1.25. The molecule has 4 nitrogen and oxygen atoms in total. The predicted octanol–water partition coefficient (Wildman–Crippen LogP) is 4.85. The lowest BCUT2D eigenvalue weighted by atomic mass is 10.1. The molecule has 0 aliphatic heterocycles. The lowest BCUT2D eigenvalue weighted by Gasteiger charge is -2.13. The van der Waals surface area contributed by atoms with Gasteiger partial charge in [-0.05, 0) is 49.2 Å². The second-order valence-corrected chi connectivity index (χ2v) is 7.14. The molecule has 2 N–H and O–H groups in total. The minimum Gasteiger partial charge on any atom is -0.494 e. The smallest absolute Gasteiger partial charge is 0.251 e. The van der Waals surface area contributed by atoms with E-state index in [1.807, 2.05) is 49.4 Å². The third-order valence-electron chi connectivity index (χ3n) is 3.60. The lowest BCUT2D eigenvalue weighted by Crippen LogP contribution is -2.27. The van der Waals surface area contributed by atoms with E-state index in [0.29, 0.717) is 31.2 Å². The monoisotopic (exact) mass is 404 g/mol. The van der Waals surface area contributed by atoms with Crippen LogP contribution in [0.1, 0.15) is 36.7 Å². The van der Waals surface area contributed by atoms with Gasteiger partial charge in [0.1, 0.15) is 5.75 Å². The summed E-state index contributed by atoms with van der Waals surface area (Å²) in [4.78, 5) is 12.2. The number of carbonyl (C=O) groups excluding carboxylic acids is 1. The van der Waals surface area contributed by atoms with Crippen LogP contribution in [0.25, 0.3) is 0 Å². The second kappa shape index (κ2) is 9.47. The van der Waals surface area contributed by atoms with E-state index in [9.17, 15) is 4.79 Å². The Bertz CT molecular complexity index is 717. The molecule has 0 radical (unpaired) electrons. The van der Waals surface area contributed by atoms with Crippen LogP contribution in [0.4, 0.5) is 5.69 Å². The Labute approximate surface area is 158 Å². The molecule has 0 atom stereocenters. The molecule has 0 spiro atoms. The van der Waals surface area contributed by atoms with Crippen LogP contribution in [-0.4, -0.2) is 19.1 Å². The highest BCUT2D eigenvalue weighted by atomic mass is 79.9. The second-order valence-electron chi connectivity index (χ2n) is 6.22. The molecule has 134 valence electrons. The summed E-state index contributed by atoms with van der Waals surface area (Å²) < 4.78 is 6.68. The van der Waals surface area contributed by atoms with Gasteiger partial charge >= 0.3 is 0 Å². The molecular weight excluding hydrogens is 380 g/mol. The molecule has 0 saturated carbocycles. The van der Waals surface area contributed by atoms with Crippen molar-refractivity contribution < 1.29 is 9.53 Å². The van der Waals surface area contributed by atoms with Crippen LogP contribution in [0.15, 0.2) is 46.9 Å². The first-order valence-electron chi connectivity index (χ1n) is 8.53. The Morgan fingerprint density at radius 2 is 2.00 bits per heavy atom. The molecular formula is C20H25BrN2O2. The molecule has 5 heteroatoms. The predicted molar refractivity (Wildman–Crippen MR) is 106 cm³/mol. The van der Waals surface area contributed by atoms with Crippen molar-refractivity contribution in [3.8, 4) is 5.75 Å². The van der Waals surface area contributed by atoms with Crippen molar-refractivity contribution in [1.82, 2.24) is 5.32 Å². The van der Waals surface area contributed by atoms with E-state index < -0.39 is 0 Å². The fraction of sp³-hybridized carbons (Fsp3) is 0.350. The highest BCUT2D eigenvalue weighted by Crippen LogP contribution is 2.24. The summed E-state index contributed by atoms with van der Waals surface area (Å²) in [6.45, 7) is 8.04. The Morgan fingerprint density at radius 3 is 2.72 bits per heavy atom. The van der Waals surface area contributed by atoms with Crippen LogP contribution < -0.4 is 15.4 Å². The summed E-state index contributed by atoms with van der Waals surface area (Å²) in [6.07, 6.45) is 0. The van der Waals surface area contributed by atoms with Gasteiger partial charge < -0.3 is 15.4 Å². The number of rotatable bonds is 8. The zero-order valence-corrected chi connectivity index (χ0v) is 16.5. The Balaban J connectivity index is 2.05. The maximum absolute atomic E-state index is 12.2. The van der Waals surface area contributed by atoms with E-state index in [2.05, 4.69) is 40.4 Å². The molecule has 0 aliphatic rings. The standard InChI is InChI=1S/C20H25BrN2O2/c1-4-25-19-9-8-17(21)10-16(19)13-22-18-7-5-6-15(11-18)20(24)23-12-14(2)3/h5-11,14,22H,4,12-13H2,1-3H3,(H,23,24). The van der Waals surface area contributed by atoms with Crippen molar-refractivity contribution in [3.05, 3.63) is 58.1 Å². The topological polar surface area (TPSA) is 50.4 Å². The summed E-state index contributed by atoms with van der Waals surface area (Å²) in [5.41, 5.74) is 2.62. The first-order valence-corrected chi connectivity index (χ1v) is 9.32. The van der Waals surface area contributed by atoms with E-state index in [1.165, 1.54) is 0 Å². The van der Waals surface area contributed by atoms with E-state index in [1.54, 1.807) is 0 Å². The molecule has 0 unspecified atom stereocenters. The molecule has 2 aromatic carbocycles. The zero-order valence-electron chi connectivity index (χ0n) is 14.9. The van der Waals surface area contributed by atoms with Crippen molar-refractivity contribution >= 4 is 27.5 Å². The van der Waals surface area contributed by atoms with Crippen molar-refractivity contribution in [1.29, 1.82) is 0 Å². The van der Waals surface area contributed by atoms with Crippen molar-refractivity contribution in [2.75, 3.05) is 18.5 Å². The lowest BCUT2D eigenvalue weighted by molar-refractivity contribution is 0.0949. The minimum atomic E-state index is -0.0465. The Hall–Kier alpha value is -2.01. The number of anilines is 1. The fourth-order valence-corrected chi connectivity index (χ4v) is 2.76. The fourth-order valence-electron chi connectivity index (χ4n) is 2.35. The SMILES string of the molecule is CCOc1ccc(Br)cc1CNc1cccc(C(=O)NCC(C)C)c1. The molecule has 0 aromatic heterocycles. The van der Waals surface area contributed by atoms with Crippen LogP contribution in [0.3, 0.4) is 0 Å². The maximum atomic E-state index is 12.2. The zero-order chi connectivity index (χ0) is 18.2. The molecule has 0 bridgehead atoms. The van der Waals surface area contributed by atoms with E-state index in [0.717, 1.165) is 21.5 Å². The largest absolute Gasteiger partial charge is 0.494 e. The molecule has 0 saturated heterocycles. The van der Waals surface area contributed by atoms with Crippen LogP contribution in [-0.2, 0) is 6.54 Å². The van der Waals surface area contributed by atoms with Crippen LogP contribution in [0.2, 0.25) is 0 Å². The van der Waals surface area contributed by atoms with Gasteiger partial charge in [-0.1, -0.05) is 35.8 Å². The molecule has 1 amide bonds. The summed E-state index contributed by atoms with van der Waals surface area (Å²) in [7, 11) is 0. The number of hydrogen-bond acceptors (Lipinski definition) is 3. The number of amides is 1. The molecule has 2 aromatic rings. The molecule has 0 aliphatic carbocycles. The Kier molecular flexibility index (Phi) is 7.31. The first-order chi connectivity index (χ1) is 12.0. The van der Waals surface area contributed by atoms with Gasteiger partial charge in [0.2, 0.25) is 0 Å². The third kappa shape index (κ3) is 6.09. The number of hydrogen-bond donors (Lipinski definition) is 2. The molecule has 2 rings (SSSR count). The van der Waals surface area contributed by atoms with Gasteiger partial charge in [-0.15, -0.1) is 0 Å². The molecule has 25 heavy (non-hydrogen) atoms. The van der Waals surface area contributed by atoms with Gasteiger partial charge in [-0.25, -0.2) is 0 Å². The number of halogens is 1. The number of carbonyl (C=O) groups is 1. The van der Waals surface area contributed by atoms with Crippen LogP contribution in [0, 0.1) is 5.92 Å². The van der Waals surface area contributed by atoms with Gasteiger partial charge in [0.15, 0.2) is 0 Å². The average Bonchev–Trinajstić information content (AvgIpc) is 2.60. The van der Waals surface area contributed by atoms with Gasteiger partial charge in [0, 0.05) is 34.4 Å². The van der Waals surface area contributed by atoms with E-state index in [4.69, 9.17) is 4.74 Å². The third-order valence-corrected chi connectivity index (χ3v) is 4.09. The van der Waals surface area contributed by atoms with Gasteiger partial charge in [0.25, 0.3) is 5.91 Å². The van der Waals surface area contributed by atoms with E-state index >= 15 is 0 Å². The van der Waals surface area contributed by atoms with Crippen molar-refractivity contribution in [3.63, 3.8) is 0 Å². The maximum Gasteiger partial charge on any atom is 0.251 e. The van der Waals surface area contributed by atoms with Crippen LogP contribution >= 0.6 is 15.9 Å². The number of benzene rings is 2. The summed E-state index contributed by atoms with van der Waals surface area (Å²) in [6, 6.07) is 13.5. The summed E-state index contributed by atoms with van der Waals surface area (Å²) in [5, 5.41) is 6.31. The van der Waals surface area contributed by atoms with Gasteiger partial charge in [-0.3, -0.25) is 4.79 Å². The highest BCUT2D eigenvalue weighted by molar-refractivity contribution is 9.10. The minimum absolute atomic E-state index is 0.0465. The average molecular weight is 405 g/mol. The quantitative estimate of drug-likeness (QED) is 0.661.